The highest BCUT2D eigenvalue weighted by Crippen LogP contribution is 2.41. The van der Waals surface area contributed by atoms with Crippen molar-refractivity contribution >= 4 is 35.4 Å². The molecule has 0 aromatic heterocycles. The second-order valence-corrected chi connectivity index (χ2v) is 22.2. The van der Waals surface area contributed by atoms with Crippen LogP contribution in [-0.4, -0.2) is 109 Å². The van der Waals surface area contributed by atoms with Gasteiger partial charge in [0, 0.05) is 13.1 Å². The fourth-order valence-electron chi connectivity index (χ4n) is 11.0. The Bertz CT molecular complexity index is 2280. The summed E-state index contributed by atoms with van der Waals surface area (Å²) in [7, 11) is 3.41. The molecule has 378 valence electrons. The van der Waals surface area contributed by atoms with Crippen LogP contribution in [-0.2, 0) is 41.6 Å². The van der Waals surface area contributed by atoms with Crippen LogP contribution in [0.25, 0.3) is 22.3 Å². The van der Waals surface area contributed by atoms with Crippen molar-refractivity contribution in [2.45, 2.75) is 168 Å². The number of nitrogens with one attached hydrogen (secondary N) is 6. The first kappa shape index (κ1) is 52.2. The van der Waals surface area contributed by atoms with Crippen molar-refractivity contribution in [3.63, 3.8) is 0 Å². The van der Waals surface area contributed by atoms with Crippen molar-refractivity contribution in [1.82, 2.24) is 41.7 Å². The number of hydrogen-bond acceptors (Lipinski definition) is 8. The average molecular weight is 959 g/mol. The first-order valence-corrected chi connectivity index (χ1v) is 25.7. The third-order valence-corrected chi connectivity index (χ3v) is 15.3. The zero-order valence-electron chi connectivity index (χ0n) is 43.2. The number of amides is 6. The van der Waals surface area contributed by atoms with Crippen molar-refractivity contribution in [1.29, 1.82) is 0 Å². The van der Waals surface area contributed by atoms with Gasteiger partial charge in [0.05, 0.1) is 24.2 Å². The molecule has 8 atom stereocenters. The molecular weight excluding hydrogens is 881 g/mol. The topological polar surface area (TPSA) is 181 Å². The molecule has 70 heavy (non-hydrogen) atoms. The maximum Gasteiger partial charge on any atom is 0.246 e. The first-order valence-electron chi connectivity index (χ1n) is 25.7. The van der Waals surface area contributed by atoms with Gasteiger partial charge in [-0.1, -0.05) is 96.1 Å². The molecule has 2 saturated heterocycles. The van der Waals surface area contributed by atoms with Crippen molar-refractivity contribution in [3.05, 3.63) is 82.9 Å². The lowest BCUT2D eigenvalue weighted by molar-refractivity contribution is -0.144. The lowest BCUT2D eigenvalue weighted by atomic mass is 9.81. The van der Waals surface area contributed by atoms with E-state index < -0.39 is 47.1 Å². The van der Waals surface area contributed by atoms with Crippen molar-refractivity contribution in [3.8, 4) is 22.3 Å². The van der Waals surface area contributed by atoms with Gasteiger partial charge in [-0.2, -0.15) is 0 Å². The summed E-state index contributed by atoms with van der Waals surface area (Å²) in [6.45, 7) is 16.0. The Morgan fingerprint density at radius 3 is 1.30 bits per heavy atom. The molecule has 0 saturated carbocycles. The minimum atomic E-state index is -0.782. The van der Waals surface area contributed by atoms with Crippen LogP contribution >= 0.6 is 0 Å². The summed E-state index contributed by atoms with van der Waals surface area (Å²) >= 11 is 0. The number of rotatable bonds is 14. The van der Waals surface area contributed by atoms with Crippen LogP contribution in [0.15, 0.2) is 60.7 Å². The maximum absolute atomic E-state index is 14.2. The Balaban J connectivity index is 1.07. The van der Waals surface area contributed by atoms with Crippen molar-refractivity contribution in [2.24, 2.45) is 10.8 Å². The molecule has 3 aromatic rings. The molecule has 3 aromatic carbocycles. The summed E-state index contributed by atoms with van der Waals surface area (Å²) in [6, 6.07) is 17.2. The van der Waals surface area contributed by atoms with Gasteiger partial charge in [0.25, 0.3) is 0 Å². The minimum Gasteiger partial charge on any atom is -0.347 e. The quantitative estimate of drug-likeness (QED) is 0.110. The first-order chi connectivity index (χ1) is 33.2. The lowest BCUT2D eigenvalue weighted by Crippen LogP contribution is -2.59. The largest absolute Gasteiger partial charge is 0.347 e. The Hall–Kier alpha value is -5.60. The molecule has 2 fully saturated rings. The molecule has 2 heterocycles. The highest BCUT2D eigenvalue weighted by Gasteiger charge is 2.44. The molecule has 0 unspecified atom stereocenters. The third-order valence-electron chi connectivity index (χ3n) is 15.3. The predicted octanol–water partition coefficient (Wildman–Crippen LogP) is 6.27. The maximum atomic E-state index is 14.2. The van der Waals surface area contributed by atoms with Crippen LogP contribution in [0.4, 0.5) is 0 Å². The third kappa shape index (κ3) is 11.3. The summed E-state index contributed by atoms with van der Waals surface area (Å²) in [6.07, 6.45) is 7.69. The van der Waals surface area contributed by atoms with Crippen LogP contribution in [0.3, 0.4) is 0 Å². The van der Waals surface area contributed by atoms with Crippen molar-refractivity contribution in [2.75, 3.05) is 27.2 Å². The van der Waals surface area contributed by atoms with Gasteiger partial charge in [0.2, 0.25) is 35.4 Å². The smallest absolute Gasteiger partial charge is 0.246 e. The summed E-state index contributed by atoms with van der Waals surface area (Å²) in [5.41, 5.74) is 7.93. The fraction of sp³-hybridized carbons (Fsp3) is 0.571. The Labute approximate surface area is 415 Å². The molecular formula is C56H78N8O6. The van der Waals surface area contributed by atoms with Gasteiger partial charge in [0.15, 0.2) is 0 Å². The number of nitrogens with zero attached hydrogens (tertiary/aromatic N) is 2. The number of carbonyl (C=O) groups excluding carboxylic acids is 6. The minimum absolute atomic E-state index is 0.161. The van der Waals surface area contributed by atoms with E-state index in [2.05, 4.69) is 92.6 Å². The molecule has 2 aliphatic heterocycles. The second-order valence-electron chi connectivity index (χ2n) is 22.2. The molecule has 0 bridgehead atoms. The van der Waals surface area contributed by atoms with E-state index in [0.29, 0.717) is 38.8 Å². The zero-order chi connectivity index (χ0) is 50.7. The summed E-state index contributed by atoms with van der Waals surface area (Å²) in [4.78, 5) is 86.0. The standard InChI is InChI=1S/C56H78N8O6/c1-33(57-9)49(65)61-47(55(3,4)5)53(69)63-30-16-28-45(63)51(67)59-43-26-14-22-39-37(20-12-24-41(39)43)35-18-11-19-36(32-35)38-21-13-25-42-40(38)23-15-27-44(42)60-52(68)46-29-17-31-64(46)54(70)48(56(6,7)8)62-50(66)34(2)58-10/h11-13,18-21,24-25,32-34,43-48,57-58H,14-17,22-23,26-31H2,1-10H3,(H,59,67)(H,60,68)(H,61,65)(H,62,66)/t33-,34-,43+,44+,45-,46-,47+,48+/m0/s1. The molecule has 0 spiro atoms. The molecule has 7 rings (SSSR count). The SMILES string of the molecule is CN[C@@H](C)C(=O)N[C@H](C(=O)N1CCC[C@H]1C(=O)N[C@@H]1CCCc2c(-c3cccc(-c4cccc5c4CCC[C@H]5NC(=O)[C@@H]4CCCN4C(=O)[C@@H](NC(=O)[C@H](C)NC)C(C)(C)C)c3)cccc21)C(C)(C)C. The number of hydrogen-bond donors (Lipinski definition) is 6. The monoisotopic (exact) mass is 959 g/mol. The van der Waals surface area contributed by atoms with Crippen LogP contribution in [0.5, 0.6) is 0 Å². The number of likely N-dealkylation sites (N-methyl/N-ethyl adjacent to an activating group) is 2. The van der Waals surface area contributed by atoms with E-state index in [1.54, 1.807) is 37.7 Å². The van der Waals surface area contributed by atoms with Crippen LogP contribution in [0.1, 0.15) is 141 Å². The number of likely N-dealkylation sites (tertiary alicyclic amines) is 2. The number of fused-ring (bicyclic) bond motifs is 2. The van der Waals surface area contributed by atoms with E-state index in [0.717, 1.165) is 71.9 Å². The lowest BCUT2D eigenvalue weighted by Gasteiger charge is -2.36. The molecule has 14 heteroatoms. The highest BCUT2D eigenvalue weighted by molar-refractivity contribution is 5.95. The van der Waals surface area contributed by atoms with Gasteiger partial charge >= 0.3 is 0 Å². The summed E-state index contributed by atoms with van der Waals surface area (Å²) in [5, 5.41) is 18.6. The van der Waals surface area contributed by atoms with Gasteiger partial charge < -0.3 is 41.7 Å². The van der Waals surface area contributed by atoms with E-state index in [1.807, 2.05) is 41.5 Å². The summed E-state index contributed by atoms with van der Waals surface area (Å²) in [5.74, 6) is -1.30. The van der Waals surface area contributed by atoms with E-state index in [1.165, 1.54) is 11.1 Å². The van der Waals surface area contributed by atoms with E-state index >= 15 is 0 Å². The van der Waals surface area contributed by atoms with Crippen LogP contribution in [0, 0.1) is 10.8 Å². The van der Waals surface area contributed by atoms with Crippen LogP contribution < -0.4 is 31.9 Å². The van der Waals surface area contributed by atoms with E-state index in [9.17, 15) is 28.8 Å². The Morgan fingerprint density at radius 2 is 0.929 bits per heavy atom. The molecule has 6 amide bonds. The van der Waals surface area contributed by atoms with Gasteiger partial charge in [-0.3, -0.25) is 28.8 Å². The second kappa shape index (κ2) is 21.8. The molecule has 2 aliphatic carbocycles. The predicted molar refractivity (Wildman–Crippen MR) is 274 cm³/mol. The Kier molecular flexibility index (Phi) is 16.3. The number of benzene rings is 3. The van der Waals surface area contributed by atoms with Gasteiger partial charge in [-0.05, 0) is 154 Å². The highest BCUT2D eigenvalue weighted by atomic mass is 16.2. The van der Waals surface area contributed by atoms with E-state index in [4.69, 9.17) is 0 Å². The summed E-state index contributed by atoms with van der Waals surface area (Å²) < 4.78 is 0. The zero-order valence-corrected chi connectivity index (χ0v) is 43.2. The average Bonchev–Trinajstić information content (AvgIpc) is 4.05. The van der Waals surface area contributed by atoms with Gasteiger partial charge in [-0.25, -0.2) is 0 Å². The molecule has 4 aliphatic rings. The molecule has 14 nitrogen and oxygen atoms in total. The van der Waals surface area contributed by atoms with Crippen molar-refractivity contribution < 1.29 is 28.8 Å². The van der Waals surface area contributed by atoms with E-state index in [-0.39, 0.29) is 47.5 Å². The number of carbonyl (C=O) groups is 6. The molecule has 6 N–H and O–H groups in total. The normalized spacial score (nSPS) is 21.9. The fourth-order valence-corrected chi connectivity index (χ4v) is 11.0. The van der Waals surface area contributed by atoms with Crippen LogP contribution in [0.2, 0.25) is 0 Å². The Morgan fingerprint density at radius 1 is 0.543 bits per heavy atom. The van der Waals surface area contributed by atoms with Gasteiger partial charge in [0.1, 0.15) is 24.2 Å². The van der Waals surface area contributed by atoms with Gasteiger partial charge in [-0.15, -0.1) is 0 Å². The molecule has 0 radical (unpaired) electrons.